The number of rotatable bonds is 5. The van der Waals surface area contributed by atoms with Crippen molar-refractivity contribution in [3.8, 4) is 0 Å². The number of hydrogen-bond acceptors (Lipinski definition) is 3. The Hall–Kier alpha value is -2.21. The minimum atomic E-state index is 0.332. The molecule has 0 radical (unpaired) electrons. The zero-order chi connectivity index (χ0) is 20.1. The van der Waals surface area contributed by atoms with Crippen molar-refractivity contribution in [2.24, 2.45) is 12.0 Å². The number of nitrogens with zero attached hydrogens (tertiary/aromatic N) is 4. The maximum absolute atomic E-state index is 6.40. The first-order valence-electron chi connectivity index (χ1n) is 10.0. The molecule has 1 fully saturated rings. The van der Waals surface area contributed by atoms with Gasteiger partial charge in [0.2, 0.25) is 0 Å². The van der Waals surface area contributed by atoms with Crippen molar-refractivity contribution in [2.45, 2.75) is 46.2 Å². The normalized spacial score (nSPS) is 17.7. The number of halogens is 1. The van der Waals surface area contributed by atoms with Gasteiger partial charge in [-0.25, -0.2) is 4.99 Å². The van der Waals surface area contributed by atoms with E-state index in [9.17, 15) is 0 Å². The zero-order valence-electron chi connectivity index (χ0n) is 17.3. The van der Waals surface area contributed by atoms with Crippen LogP contribution in [0.25, 0.3) is 0 Å². The number of anilines is 1. The molecular formula is C21H31ClN6. The van der Waals surface area contributed by atoms with Crippen LogP contribution in [0.1, 0.15) is 36.7 Å². The lowest BCUT2D eigenvalue weighted by atomic mass is 10.0. The molecule has 7 heteroatoms. The van der Waals surface area contributed by atoms with Gasteiger partial charge >= 0.3 is 0 Å². The van der Waals surface area contributed by atoms with Crippen LogP contribution in [0.2, 0.25) is 5.02 Å². The van der Waals surface area contributed by atoms with Gasteiger partial charge < -0.3 is 15.5 Å². The van der Waals surface area contributed by atoms with E-state index in [2.05, 4.69) is 40.5 Å². The molecule has 1 aromatic carbocycles. The highest BCUT2D eigenvalue weighted by Crippen LogP contribution is 2.27. The molecule has 2 heterocycles. The van der Waals surface area contributed by atoms with Gasteiger partial charge in [0.25, 0.3) is 0 Å². The second-order valence-electron chi connectivity index (χ2n) is 7.35. The molecule has 0 spiro atoms. The molecular weight excluding hydrogens is 372 g/mol. The molecule has 0 bridgehead atoms. The van der Waals surface area contributed by atoms with E-state index in [-0.39, 0.29) is 0 Å². The fourth-order valence-electron chi connectivity index (χ4n) is 3.74. The second kappa shape index (κ2) is 9.32. The van der Waals surface area contributed by atoms with E-state index in [0.717, 1.165) is 54.8 Å². The Kier molecular flexibility index (Phi) is 6.83. The highest BCUT2D eigenvalue weighted by Gasteiger charge is 2.22. The highest BCUT2D eigenvalue weighted by molar-refractivity contribution is 6.33. The first-order valence-corrected chi connectivity index (χ1v) is 10.4. The monoisotopic (exact) mass is 402 g/mol. The molecule has 1 saturated heterocycles. The lowest BCUT2D eigenvalue weighted by Crippen LogP contribution is -2.51. The van der Waals surface area contributed by atoms with Crippen molar-refractivity contribution in [2.75, 3.05) is 24.5 Å². The van der Waals surface area contributed by atoms with E-state index in [0.29, 0.717) is 12.6 Å². The number of para-hydroxylation sites is 1. The summed E-state index contributed by atoms with van der Waals surface area (Å²) in [6, 6.07) is 8.40. The van der Waals surface area contributed by atoms with Gasteiger partial charge in [0.15, 0.2) is 5.96 Å². The number of guanidine groups is 1. The van der Waals surface area contributed by atoms with Crippen molar-refractivity contribution in [3.63, 3.8) is 0 Å². The summed E-state index contributed by atoms with van der Waals surface area (Å²) < 4.78 is 1.92. The molecule has 1 aliphatic rings. The van der Waals surface area contributed by atoms with E-state index in [1.165, 1.54) is 11.3 Å². The molecule has 6 nitrogen and oxygen atoms in total. The van der Waals surface area contributed by atoms with Gasteiger partial charge in [-0.1, -0.05) is 23.7 Å². The summed E-state index contributed by atoms with van der Waals surface area (Å²) in [5, 5.41) is 12.3. The zero-order valence-corrected chi connectivity index (χ0v) is 18.1. The van der Waals surface area contributed by atoms with Crippen LogP contribution in [-0.2, 0) is 13.6 Å². The lowest BCUT2D eigenvalue weighted by Gasteiger charge is -2.35. The molecule has 1 atom stereocenters. The van der Waals surface area contributed by atoms with Crippen LogP contribution in [0.3, 0.4) is 0 Å². The molecule has 0 saturated carbocycles. The van der Waals surface area contributed by atoms with Crippen molar-refractivity contribution in [1.29, 1.82) is 0 Å². The SMILES string of the molecule is CCNC(=NCc1c(C)nn(C)c1C)NC1CCCN(c2ccccc2Cl)C1. The third kappa shape index (κ3) is 4.79. The van der Waals surface area contributed by atoms with Gasteiger partial charge in [-0.15, -0.1) is 0 Å². The van der Waals surface area contributed by atoms with Gasteiger partial charge in [-0.3, -0.25) is 4.68 Å². The number of aliphatic imine (C=N–C) groups is 1. The molecule has 1 unspecified atom stereocenters. The Bertz CT molecular complexity index is 828. The summed E-state index contributed by atoms with van der Waals surface area (Å²) in [7, 11) is 1.98. The van der Waals surface area contributed by atoms with E-state index in [4.69, 9.17) is 16.6 Å². The number of benzene rings is 1. The Balaban J connectivity index is 1.68. The third-order valence-corrected chi connectivity index (χ3v) is 5.67. The molecule has 0 amide bonds. The molecule has 1 aliphatic heterocycles. The molecule has 152 valence electrons. The predicted molar refractivity (Wildman–Crippen MR) is 117 cm³/mol. The lowest BCUT2D eigenvalue weighted by molar-refractivity contribution is 0.468. The number of aryl methyl sites for hydroxylation is 2. The summed E-state index contributed by atoms with van der Waals surface area (Å²) in [4.78, 5) is 7.19. The molecule has 0 aliphatic carbocycles. The molecule has 3 rings (SSSR count). The summed E-state index contributed by atoms with van der Waals surface area (Å²) in [5.41, 5.74) is 4.52. The van der Waals surface area contributed by atoms with E-state index in [1.54, 1.807) is 0 Å². The fourth-order valence-corrected chi connectivity index (χ4v) is 3.99. The number of hydrogen-bond donors (Lipinski definition) is 2. The van der Waals surface area contributed by atoms with Crippen molar-refractivity contribution >= 4 is 23.2 Å². The highest BCUT2D eigenvalue weighted by atomic mass is 35.5. The van der Waals surface area contributed by atoms with Crippen LogP contribution < -0.4 is 15.5 Å². The average Bonchev–Trinajstić information content (AvgIpc) is 2.92. The average molecular weight is 403 g/mol. The summed E-state index contributed by atoms with van der Waals surface area (Å²) >= 11 is 6.40. The summed E-state index contributed by atoms with van der Waals surface area (Å²) in [6.07, 6.45) is 2.25. The molecule has 2 N–H and O–H groups in total. The number of nitrogens with one attached hydrogen (secondary N) is 2. The largest absolute Gasteiger partial charge is 0.368 e. The summed E-state index contributed by atoms with van der Waals surface area (Å²) in [6.45, 7) is 9.63. The Morgan fingerprint density at radius 1 is 1.32 bits per heavy atom. The van der Waals surface area contributed by atoms with Crippen molar-refractivity contribution < 1.29 is 0 Å². The first kappa shape index (κ1) is 20.5. The van der Waals surface area contributed by atoms with Gasteiger partial charge in [0, 0.05) is 44.0 Å². The third-order valence-electron chi connectivity index (χ3n) is 5.35. The van der Waals surface area contributed by atoms with Gasteiger partial charge in [-0.2, -0.15) is 5.10 Å². The van der Waals surface area contributed by atoms with Gasteiger partial charge in [0.1, 0.15) is 0 Å². The van der Waals surface area contributed by atoms with Crippen LogP contribution in [0.15, 0.2) is 29.3 Å². The minimum Gasteiger partial charge on any atom is -0.368 e. The predicted octanol–water partition coefficient (Wildman–Crippen LogP) is 3.41. The maximum atomic E-state index is 6.40. The van der Waals surface area contributed by atoms with Crippen LogP contribution in [0.5, 0.6) is 0 Å². The summed E-state index contributed by atoms with van der Waals surface area (Å²) in [5.74, 6) is 0.858. The second-order valence-corrected chi connectivity index (χ2v) is 7.76. The van der Waals surface area contributed by atoms with Gasteiger partial charge in [-0.05, 0) is 45.7 Å². The molecule has 2 aromatic rings. The molecule has 1 aromatic heterocycles. The van der Waals surface area contributed by atoms with Crippen molar-refractivity contribution in [3.05, 3.63) is 46.2 Å². The Labute approximate surface area is 173 Å². The molecule has 28 heavy (non-hydrogen) atoms. The van der Waals surface area contributed by atoms with Crippen LogP contribution in [0, 0.1) is 13.8 Å². The smallest absolute Gasteiger partial charge is 0.191 e. The van der Waals surface area contributed by atoms with Gasteiger partial charge in [0.05, 0.1) is 22.9 Å². The first-order chi connectivity index (χ1) is 13.5. The Morgan fingerprint density at radius 2 is 2.11 bits per heavy atom. The fraction of sp³-hybridized carbons (Fsp3) is 0.524. The quantitative estimate of drug-likeness (QED) is 0.594. The standard InChI is InChI=1S/C21H31ClN6/c1-5-23-21(24-13-18-15(2)26-27(4)16(18)3)25-17-9-8-12-28(14-17)20-11-7-6-10-19(20)22/h6-7,10-11,17H,5,8-9,12-14H2,1-4H3,(H2,23,24,25). The maximum Gasteiger partial charge on any atom is 0.191 e. The number of aromatic nitrogens is 2. The number of piperidine rings is 1. The van der Waals surface area contributed by atoms with Crippen LogP contribution in [-0.4, -0.2) is 41.4 Å². The van der Waals surface area contributed by atoms with E-state index >= 15 is 0 Å². The Morgan fingerprint density at radius 3 is 2.79 bits per heavy atom. The minimum absolute atomic E-state index is 0.332. The van der Waals surface area contributed by atoms with E-state index in [1.807, 2.05) is 36.9 Å². The van der Waals surface area contributed by atoms with E-state index < -0.39 is 0 Å². The van der Waals surface area contributed by atoms with Crippen LogP contribution in [0.4, 0.5) is 5.69 Å². The van der Waals surface area contributed by atoms with Crippen LogP contribution >= 0.6 is 11.6 Å². The topological polar surface area (TPSA) is 57.5 Å². The van der Waals surface area contributed by atoms with Crippen molar-refractivity contribution in [1.82, 2.24) is 20.4 Å².